The summed E-state index contributed by atoms with van der Waals surface area (Å²) < 4.78 is 7.14. The van der Waals surface area contributed by atoms with E-state index in [1.165, 1.54) is 0 Å². The normalized spacial score (nSPS) is 18.2. The first-order chi connectivity index (χ1) is 13.4. The van der Waals surface area contributed by atoms with Gasteiger partial charge >= 0.3 is 6.03 Å². The number of carbonyl (C=O) groups is 2. The molecule has 0 atom stereocenters. The smallest absolute Gasteiger partial charge is 0.321 e. The molecular formula is C20H25N5O3. The molecule has 4 rings (SSSR count). The number of methoxy groups -OCH3 is 1. The number of aryl methyl sites for hydroxylation is 1. The predicted molar refractivity (Wildman–Crippen MR) is 106 cm³/mol. The Kier molecular flexibility index (Phi) is 4.49. The first-order valence-electron chi connectivity index (χ1n) is 9.45. The van der Waals surface area contributed by atoms with Gasteiger partial charge in [-0.2, -0.15) is 5.10 Å². The number of urea groups is 1. The van der Waals surface area contributed by atoms with E-state index in [-0.39, 0.29) is 17.5 Å². The number of nitrogens with zero attached hydrogens (tertiary/aromatic N) is 4. The molecular weight excluding hydrogens is 358 g/mol. The molecule has 0 aliphatic carbocycles. The van der Waals surface area contributed by atoms with E-state index in [0.29, 0.717) is 32.4 Å². The SMILES string of the molecule is COc1ccc(NC(=O)N2CCC3(CC2)CC(=O)N(C)c2cc(C)nn23)cc1. The standard InChI is InChI=1S/C20H25N5O3/c1-14-12-17-23(2)18(26)13-20(25(17)22-14)8-10-24(11-9-20)19(27)21-15-4-6-16(28-3)7-5-15/h4-7,12H,8-11,13H2,1-3H3,(H,21,27). The van der Waals surface area contributed by atoms with Gasteiger partial charge in [0.1, 0.15) is 11.6 Å². The number of hydrogen-bond donors (Lipinski definition) is 1. The molecule has 28 heavy (non-hydrogen) atoms. The summed E-state index contributed by atoms with van der Waals surface area (Å²) >= 11 is 0. The minimum atomic E-state index is -0.343. The zero-order valence-electron chi connectivity index (χ0n) is 16.4. The summed E-state index contributed by atoms with van der Waals surface area (Å²) in [6.07, 6.45) is 1.83. The van der Waals surface area contributed by atoms with Crippen molar-refractivity contribution < 1.29 is 14.3 Å². The van der Waals surface area contributed by atoms with Crippen LogP contribution < -0.4 is 15.0 Å². The van der Waals surface area contributed by atoms with E-state index in [0.717, 1.165) is 22.9 Å². The number of carbonyl (C=O) groups excluding carboxylic acids is 2. The number of fused-ring (bicyclic) bond motifs is 2. The van der Waals surface area contributed by atoms with Crippen LogP contribution in [0.15, 0.2) is 30.3 Å². The molecule has 148 valence electrons. The summed E-state index contributed by atoms with van der Waals surface area (Å²) in [5.41, 5.74) is 1.28. The fourth-order valence-corrected chi connectivity index (χ4v) is 4.07. The van der Waals surface area contributed by atoms with Crippen molar-refractivity contribution in [2.75, 3.05) is 37.5 Å². The molecule has 0 radical (unpaired) electrons. The third kappa shape index (κ3) is 3.08. The van der Waals surface area contributed by atoms with E-state index in [9.17, 15) is 9.59 Å². The third-order valence-corrected chi connectivity index (χ3v) is 5.78. The van der Waals surface area contributed by atoms with Gasteiger partial charge in [0, 0.05) is 31.9 Å². The highest BCUT2D eigenvalue weighted by Crippen LogP contribution is 2.41. The van der Waals surface area contributed by atoms with Gasteiger partial charge in [0.15, 0.2) is 0 Å². The molecule has 2 aliphatic rings. The second-order valence-electron chi connectivity index (χ2n) is 7.56. The van der Waals surface area contributed by atoms with Crippen molar-refractivity contribution >= 4 is 23.4 Å². The molecule has 1 aromatic carbocycles. The third-order valence-electron chi connectivity index (χ3n) is 5.78. The van der Waals surface area contributed by atoms with Crippen LogP contribution in [-0.4, -0.2) is 53.9 Å². The maximum Gasteiger partial charge on any atom is 0.321 e. The number of hydrogen-bond acceptors (Lipinski definition) is 4. The van der Waals surface area contributed by atoms with Gasteiger partial charge in [0.05, 0.1) is 24.8 Å². The first-order valence-corrected chi connectivity index (χ1v) is 9.45. The van der Waals surface area contributed by atoms with Crippen molar-refractivity contribution in [3.63, 3.8) is 0 Å². The Morgan fingerprint density at radius 1 is 1.21 bits per heavy atom. The van der Waals surface area contributed by atoms with E-state index in [4.69, 9.17) is 4.74 Å². The van der Waals surface area contributed by atoms with Crippen LogP contribution in [0, 0.1) is 6.92 Å². The van der Waals surface area contributed by atoms with Gasteiger partial charge in [0.2, 0.25) is 5.91 Å². The maximum atomic E-state index is 12.6. The van der Waals surface area contributed by atoms with Crippen LogP contribution in [-0.2, 0) is 10.3 Å². The summed E-state index contributed by atoms with van der Waals surface area (Å²) in [7, 11) is 3.40. The lowest BCUT2D eigenvalue weighted by Gasteiger charge is -2.45. The quantitative estimate of drug-likeness (QED) is 0.864. The van der Waals surface area contributed by atoms with Gasteiger partial charge in [-0.15, -0.1) is 0 Å². The fourth-order valence-electron chi connectivity index (χ4n) is 4.07. The van der Waals surface area contributed by atoms with Gasteiger partial charge in [0.25, 0.3) is 0 Å². The van der Waals surface area contributed by atoms with Gasteiger partial charge in [-0.1, -0.05) is 0 Å². The lowest BCUT2D eigenvalue weighted by atomic mass is 9.83. The zero-order chi connectivity index (χ0) is 19.9. The minimum Gasteiger partial charge on any atom is -0.497 e. The number of amides is 3. The minimum absolute atomic E-state index is 0.100. The van der Waals surface area contributed by atoms with Gasteiger partial charge < -0.3 is 19.9 Å². The topological polar surface area (TPSA) is 79.7 Å². The van der Waals surface area contributed by atoms with E-state index >= 15 is 0 Å². The van der Waals surface area contributed by atoms with Crippen molar-refractivity contribution in [3.8, 4) is 5.75 Å². The van der Waals surface area contributed by atoms with E-state index in [2.05, 4.69) is 10.4 Å². The summed E-state index contributed by atoms with van der Waals surface area (Å²) in [5, 5.41) is 7.59. The molecule has 1 saturated heterocycles. The van der Waals surface area contributed by atoms with Crippen molar-refractivity contribution in [1.82, 2.24) is 14.7 Å². The second kappa shape index (κ2) is 6.85. The molecule has 2 aromatic rings. The van der Waals surface area contributed by atoms with Gasteiger partial charge in [-0.25, -0.2) is 9.48 Å². The molecule has 8 nitrogen and oxygen atoms in total. The highest BCUT2D eigenvalue weighted by Gasteiger charge is 2.45. The Balaban J connectivity index is 1.46. The van der Waals surface area contributed by atoms with Crippen LogP contribution in [0.25, 0.3) is 0 Å². The van der Waals surface area contributed by atoms with Crippen LogP contribution >= 0.6 is 0 Å². The molecule has 1 spiro atoms. The van der Waals surface area contributed by atoms with Crippen molar-refractivity contribution in [3.05, 3.63) is 36.0 Å². The number of likely N-dealkylation sites (tertiary alicyclic amines) is 1. The van der Waals surface area contributed by atoms with Crippen LogP contribution in [0.1, 0.15) is 25.0 Å². The average molecular weight is 383 g/mol. The number of nitrogens with one attached hydrogen (secondary N) is 1. The summed E-state index contributed by atoms with van der Waals surface area (Å²) in [4.78, 5) is 28.6. The molecule has 0 saturated carbocycles. The molecule has 0 bridgehead atoms. The van der Waals surface area contributed by atoms with Crippen molar-refractivity contribution in [2.45, 2.75) is 31.7 Å². The fraction of sp³-hybridized carbons (Fsp3) is 0.450. The monoisotopic (exact) mass is 383 g/mol. The molecule has 1 fully saturated rings. The van der Waals surface area contributed by atoms with Crippen LogP contribution in [0.2, 0.25) is 0 Å². The second-order valence-corrected chi connectivity index (χ2v) is 7.56. The number of benzene rings is 1. The predicted octanol–water partition coefficient (Wildman–Crippen LogP) is 2.59. The first kappa shape index (κ1) is 18.3. The number of ether oxygens (including phenoxy) is 1. The molecule has 1 aromatic heterocycles. The highest BCUT2D eigenvalue weighted by atomic mass is 16.5. The lowest BCUT2D eigenvalue weighted by molar-refractivity contribution is -0.122. The van der Waals surface area contributed by atoms with Gasteiger partial charge in [-0.05, 0) is 44.0 Å². The summed E-state index contributed by atoms with van der Waals surface area (Å²) in [6, 6.07) is 9.07. The van der Waals surface area contributed by atoms with E-state index < -0.39 is 0 Å². The molecule has 2 aliphatic heterocycles. The molecule has 0 unspecified atom stereocenters. The maximum absolute atomic E-state index is 12.6. The van der Waals surface area contributed by atoms with E-state index in [1.54, 1.807) is 24.0 Å². The summed E-state index contributed by atoms with van der Waals surface area (Å²) in [6.45, 7) is 3.10. The Morgan fingerprint density at radius 3 is 2.54 bits per heavy atom. The molecule has 3 heterocycles. The van der Waals surface area contributed by atoms with Crippen LogP contribution in [0.5, 0.6) is 5.75 Å². The summed E-state index contributed by atoms with van der Waals surface area (Å²) in [5.74, 6) is 1.68. The Labute approximate surface area is 164 Å². The van der Waals surface area contributed by atoms with Crippen LogP contribution in [0.4, 0.5) is 16.3 Å². The number of piperidine rings is 1. The Morgan fingerprint density at radius 2 is 1.89 bits per heavy atom. The lowest BCUT2D eigenvalue weighted by Crippen LogP contribution is -2.54. The van der Waals surface area contributed by atoms with Crippen molar-refractivity contribution in [2.24, 2.45) is 0 Å². The van der Waals surface area contributed by atoms with E-state index in [1.807, 2.05) is 41.9 Å². The number of aromatic nitrogens is 2. The van der Waals surface area contributed by atoms with Gasteiger partial charge in [-0.3, -0.25) is 4.79 Å². The zero-order valence-corrected chi connectivity index (χ0v) is 16.4. The Bertz CT molecular complexity index is 897. The number of rotatable bonds is 2. The van der Waals surface area contributed by atoms with Crippen molar-refractivity contribution in [1.29, 1.82) is 0 Å². The largest absolute Gasteiger partial charge is 0.497 e. The van der Waals surface area contributed by atoms with Crippen LogP contribution in [0.3, 0.4) is 0 Å². The Hall–Kier alpha value is -3.03. The molecule has 3 amide bonds. The number of anilines is 2. The molecule has 8 heteroatoms. The average Bonchev–Trinajstić information content (AvgIpc) is 3.10. The molecule has 1 N–H and O–H groups in total. The highest BCUT2D eigenvalue weighted by molar-refractivity contribution is 5.94.